The molecule has 0 saturated carbocycles. The predicted molar refractivity (Wildman–Crippen MR) is 57.2 cm³/mol. The Bertz CT molecular complexity index is 324. The van der Waals surface area contributed by atoms with E-state index >= 15 is 0 Å². The van der Waals surface area contributed by atoms with Crippen molar-refractivity contribution in [3.8, 4) is 0 Å². The van der Waals surface area contributed by atoms with Gasteiger partial charge in [-0.15, -0.1) is 11.3 Å². The van der Waals surface area contributed by atoms with Gasteiger partial charge in [-0.3, -0.25) is 4.79 Å². The molecule has 2 heterocycles. The van der Waals surface area contributed by atoms with E-state index < -0.39 is 0 Å². The molecule has 2 rings (SSSR count). The van der Waals surface area contributed by atoms with Crippen LogP contribution in [0.3, 0.4) is 0 Å². The Hall–Kier alpha value is -0.870. The van der Waals surface area contributed by atoms with Gasteiger partial charge < -0.3 is 10.0 Å². The smallest absolute Gasteiger partial charge is 0.160 e. The molecular formula is C10H13NO2S. The van der Waals surface area contributed by atoms with Crippen LogP contribution in [-0.4, -0.2) is 30.6 Å². The highest BCUT2D eigenvalue weighted by atomic mass is 32.1. The normalized spacial score (nSPS) is 22.4. The van der Waals surface area contributed by atoms with Crippen LogP contribution in [0.25, 0.3) is 0 Å². The van der Waals surface area contributed by atoms with Gasteiger partial charge in [-0.1, -0.05) is 0 Å². The highest BCUT2D eigenvalue weighted by Crippen LogP contribution is 2.27. The number of aliphatic hydroxyl groups excluding tert-OH is 1. The van der Waals surface area contributed by atoms with E-state index in [-0.39, 0.29) is 6.10 Å². The van der Waals surface area contributed by atoms with Crippen LogP contribution in [0.1, 0.15) is 22.5 Å². The Kier molecular flexibility index (Phi) is 2.84. The lowest BCUT2D eigenvalue weighted by Gasteiger charge is -2.30. The quantitative estimate of drug-likeness (QED) is 0.754. The van der Waals surface area contributed by atoms with Crippen molar-refractivity contribution in [1.29, 1.82) is 0 Å². The second-order valence-electron chi connectivity index (χ2n) is 3.54. The van der Waals surface area contributed by atoms with E-state index in [0.29, 0.717) is 6.54 Å². The highest BCUT2D eigenvalue weighted by molar-refractivity contribution is 7.17. The SMILES string of the molecule is O=Cc1ccc(N2CCCC(O)C2)s1. The fraction of sp³-hybridized carbons (Fsp3) is 0.500. The maximum Gasteiger partial charge on any atom is 0.160 e. The van der Waals surface area contributed by atoms with Crippen molar-refractivity contribution in [1.82, 2.24) is 0 Å². The number of hydrogen-bond acceptors (Lipinski definition) is 4. The van der Waals surface area contributed by atoms with E-state index in [1.807, 2.05) is 12.1 Å². The number of carbonyl (C=O) groups excluding carboxylic acids is 1. The first-order valence-corrected chi connectivity index (χ1v) is 5.59. The molecule has 1 saturated heterocycles. The first kappa shape index (κ1) is 9.68. The molecule has 4 heteroatoms. The third kappa shape index (κ3) is 1.96. The van der Waals surface area contributed by atoms with Gasteiger partial charge in [-0.25, -0.2) is 0 Å². The molecule has 0 amide bonds. The standard InChI is InChI=1S/C10H13NO2S/c12-7-9-3-4-10(14-9)11-5-1-2-8(13)6-11/h3-4,7-8,13H,1-2,5-6H2. The lowest BCUT2D eigenvalue weighted by Crippen LogP contribution is -2.37. The Morgan fingerprint density at radius 3 is 3.07 bits per heavy atom. The van der Waals surface area contributed by atoms with E-state index in [4.69, 9.17) is 0 Å². The zero-order chi connectivity index (χ0) is 9.97. The van der Waals surface area contributed by atoms with Gasteiger partial charge in [0.1, 0.15) is 0 Å². The molecule has 1 unspecified atom stereocenters. The lowest BCUT2D eigenvalue weighted by atomic mass is 10.1. The number of β-amino-alcohol motifs (C(OH)–C–C–N with tert-alkyl or cyclic N) is 1. The van der Waals surface area contributed by atoms with E-state index in [2.05, 4.69) is 4.90 Å². The van der Waals surface area contributed by atoms with Crippen LogP contribution in [0, 0.1) is 0 Å². The molecule has 0 spiro atoms. The minimum atomic E-state index is -0.217. The molecule has 3 nitrogen and oxygen atoms in total. The molecule has 0 radical (unpaired) electrons. The van der Waals surface area contributed by atoms with Crippen LogP contribution >= 0.6 is 11.3 Å². The van der Waals surface area contributed by atoms with Crippen LogP contribution in [0.15, 0.2) is 12.1 Å². The molecule has 1 aromatic rings. The number of aldehydes is 1. The molecule has 1 fully saturated rings. The van der Waals surface area contributed by atoms with Crippen LogP contribution in [0.4, 0.5) is 5.00 Å². The summed E-state index contributed by atoms with van der Waals surface area (Å²) < 4.78 is 0. The molecule has 1 aliphatic heterocycles. The number of hydrogen-bond donors (Lipinski definition) is 1. The number of aliphatic hydroxyl groups is 1. The molecule has 14 heavy (non-hydrogen) atoms. The van der Waals surface area contributed by atoms with E-state index in [0.717, 1.165) is 35.6 Å². The van der Waals surface area contributed by atoms with Crippen molar-refractivity contribution in [3.63, 3.8) is 0 Å². The summed E-state index contributed by atoms with van der Waals surface area (Å²) in [6.45, 7) is 1.68. The summed E-state index contributed by atoms with van der Waals surface area (Å²) >= 11 is 1.49. The van der Waals surface area contributed by atoms with Gasteiger partial charge in [0.25, 0.3) is 0 Å². The molecule has 1 N–H and O–H groups in total. The third-order valence-corrected chi connectivity index (χ3v) is 3.51. The molecule has 1 aliphatic rings. The number of rotatable bonds is 2. The molecule has 76 valence electrons. The highest BCUT2D eigenvalue weighted by Gasteiger charge is 2.18. The number of anilines is 1. The van der Waals surface area contributed by atoms with E-state index in [1.165, 1.54) is 11.3 Å². The molecule has 0 aromatic carbocycles. The van der Waals surface area contributed by atoms with Crippen LogP contribution in [0.2, 0.25) is 0 Å². The van der Waals surface area contributed by atoms with Gasteiger partial charge in [0.05, 0.1) is 16.0 Å². The lowest BCUT2D eigenvalue weighted by molar-refractivity contribution is 0.112. The van der Waals surface area contributed by atoms with Crippen molar-refractivity contribution in [3.05, 3.63) is 17.0 Å². The Balaban J connectivity index is 2.09. The van der Waals surface area contributed by atoms with E-state index in [1.54, 1.807) is 0 Å². The molecular weight excluding hydrogens is 198 g/mol. The monoisotopic (exact) mass is 211 g/mol. The summed E-state index contributed by atoms with van der Waals surface area (Å²) in [6, 6.07) is 3.78. The first-order valence-electron chi connectivity index (χ1n) is 4.77. The number of carbonyl (C=O) groups is 1. The Morgan fingerprint density at radius 2 is 2.43 bits per heavy atom. The maximum atomic E-state index is 10.5. The zero-order valence-corrected chi connectivity index (χ0v) is 8.67. The average Bonchev–Trinajstić information content (AvgIpc) is 2.66. The third-order valence-electron chi connectivity index (χ3n) is 2.44. The number of nitrogens with zero attached hydrogens (tertiary/aromatic N) is 1. The summed E-state index contributed by atoms with van der Waals surface area (Å²) in [5.74, 6) is 0. The fourth-order valence-electron chi connectivity index (χ4n) is 1.73. The van der Waals surface area contributed by atoms with E-state index in [9.17, 15) is 9.90 Å². The van der Waals surface area contributed by atoms with Gasteiger partial charge in [0, 0.05) is 13.1 Å². The zero-order valence-electron chi connectivity index (χ0n) is 7.85. The van der Waals surface area contributed by atoms with Crippen LogP contribution < -0.4 is 4.90 Å². The molecule has 1 aromatic heterocycles. The molecule has 0 bridgehead atoms. The summed E-state index contributed by atoms with van der Waals surface area (Å²) in [6.07, 6.45) is 2.57. The fourth-order valence-corrected chi connectivity index (χ4v) is 2.59. The summed E-state index contributed by atoms with van der Waals surface area (Å²) in [5, 5.41) is 10.6. The minimum Gasteiger partial charge on any atom is -0.391 e. The minimum absolute atomic E-state index is 0.217. The van der Waals surface area contributed by atoms with Crippen LogP contribution in [-0.2, 0) is 0 Å². The Labute approximate surface area is 87.0 Å². The molecule has 1 atom stereocenters. The van der Waals surface area contributed by atoms with Crippen molar-refractivity contribution in [2.24, 2.45) is 0 Å². The second kappa shape index (κ2) is 4.11. The summed E-state index contributed by atoms with van der Waals surface area (Å²) in [5.41, 5.74) is 0. The summed E-state index contributed by atoms with van der Waals surface area (Å²) in [7, 11) is 0. The van der Waals surface area contributed by atoms with Crippen molar-refractivity contribution >= 4 is 22.6 Å². The summed E-state index contributed by atoms with van der Waals surface area (Å²) in [4.78, 5) is 13.4. The first-order chi connectivity index (χ1) is 6.79. The number of piperidine rings is 1. The van der Waals surface area contributed by atoms with Gasteiger partial charge in [0.2, 0.25) is 0 Å². The number of thiophene rings is 1. The van der Waals surface area contributed by atoms with Crippen LogP contribution in [0.5, 0.6) is 0 Å². The van der Waals surface area contributed by atoms with Gasteiger partial charge in [-0.05, 0) is 25.0 Å². The average molecular weight is 211 g/mol. The molecule has 0 aliphatic carbocycles. The second-order valence-corrected chi connectivity index (χ2v) is 4.63. The van der Waals surface area contributed by atoms with Crippen molar-refractivity contribution in [2.45, 2.75) is 18.9 Å². The van der Waals surface area contributed by atoms with Crippen molar-refractivity contribution < 1.29 is 9.90 Å². The largest absolute Gasteiger partial charge is 0.391 e. The predicted octanol–water partition coefficient (Wildman–Crippen LogP) is 1.52. The van der Waals surface area contributed by atoms with Gasteiger partial charge in [0.15, 0.2) is 6.29 Å². The Morgan fingerprint density at radius 1 is 1.57 bits per heavy atom. The maximum absolute atomic E-state index is 10.5. The van der Waals surface area contributed by atoms with Gasteiger partial charge in [-0.2, -0.15) is 0 Å². The van der Waals surface area contributed by atoms with Gasteiger partial charge >= 0.3 is 0 Å². The van der Waals surface area contributed by atoms with Crippen molar-refractivity contribution in [2.75, 3.05) is 18.0 Å². The topological polar surface area (TPSA) is 40.5 Å².